The first-order valence-electron chi connectivity index (χ1n) is 7.16. The molecule has 1 saturated carbocycles. The van der Waals surface area contributed by atoms with Crippen molar-refractivity contribution in [3.8, 4) is 0 Å². The lowest BCUT2D eigenvalue weighted by Gasteiger charge is -2.18. The van der Waals surface area contributed by atoms with Gasteiger partial charge in [-0.2, -0.15) is 0 Å². The molecule has 1 rings (SSSR count). The molecule has 4 heteroatoms. The quantitative estimate of drug-likeness (QED) is 0.514. The highest BCUT2D eigenvalue weighted by molar-refractivity contribution is 6.07. The first-order chi connectivity index (χ1) is 8.56. The van der Waals surface area contributed by atoms with Crippen LogP contribution in [0.1, 0.15) is 59.3 Å². The summed E-state index contributed by atoms with van der Waals surface area (Å²) in [6.45, 7) is 6.80. The molecule has 0 heterocycles. The van der Waals surface area contributed by atoms with E-state index in [4.69, 9.17) is 0 Å². The molecular formula is C14H26N2O2. The molecule has 4 nitrogen and oxygen atoms in total. The van der Waals surface area contributed by atoms with Crippen LogP contribution >= 0.6 is 0 Å². The minimum absolute atomic E-state index is 0.0839. The number of nitrogens with one attached hydrogen (secondary N) is 2. The summed E-state index contributed by atoms with van der Waals surface area (Å²) in [5.41, 5.74) is -0.754. The number of amides is 2. The van der Waals surface area contributed by atoms with Crippen molar-refractivity contribution in [3.05, 3.63) is 0 Å². The van der Waals surface area contributed by atoms with Gasteiger partial charge in [-0.3, -0.25) is 9.59 Å². The van der Waals surface area contributed by atoms with Crippen LogP contribution in [0.15, 0.2) is 0 Å². The zero-order valence-electron chi connectivity index (χ0n) is 11.8. The SMILES string of the molecule is CCCCCNC(=O)C1(C(=O)NC(C)CC)CC1. The van der Waals surface area contributed by atoms with Crippen LogP contribution in [0, 0.1) is 5.41 Å². The molecule has 0 aromatic heterocycles. The molecule has 1 unspecified atom stereocenters. The first-order valence-corrected chi connectivity index (χ1v) is 7.16. The summed E-state index contributed by atoms with van der Waals surface area (Å²) in [6, 6.07) is 0.142. The lowest BCUT2D eigenvalue weighted by molar-refractivity contribution is -0.137. The predicted octanol–water partition coefficient (Wildman–Crippen LogP) is 1.99. The number of hydrogen-bond acceptors (Lipinski definition) is 2. The molecule has 2 N–H and O–H groups in total. The van der Waals surface area contributed by atoms with Gasteiger partial charge in [-0.25, -0.2) is 0 Å². The third-order valence-electron chi connectivity index (χ3n) is 3.68. The van der Waals surface area contributed by atoms with Crippen LogP contribution in [-0.2, 0) is 9.59 Å². The highest BCUT2D eigenvalue weighted by atomic mass is 16.2. The molecular weight excluding hydrogens is 228 g/mol. The first kappa shape index (κ1) is 15.0. The number of unbranched alkanes of at least 4 members (excludes halogenated alkanes) is 2. The molecule has 18 heavy (non-hydrogen) atoms. The Kier molecular flexibility index (Phi) is 5.63. The van der Waals surface area contributed by atoms with E-state index in [1.165, 1.54) is 0 Å². The zero-order valence-corrected chi connectivity index (χ0v) is 11.8. The fraction of sp³-hybridized carbons (Fsp3) is 0.857. The van der Waals surface area contributed by atoms with Crippen molar-refractivity contribution in [2.45, 2.75) is 65.3 Å². The predicted molar refractivity (Wildman–Crippen MR) is 72.1 cm³/mol. The van der Waals surface area contributed by atoms with Crippen molar-refractivity contribution in [2.75, 3.05) is 6.54 Å². The normalized spacial score (nSPS) is 17.9. The average molecular weight is 254 g/mol. The molecule has 0 radical (unpaired) electrons. The molecule has 0 aromatic rings. The van der Waals surface area contributed by atoms with E-state index in [2.05, 4.69) is 17.6 Å². The molecule has 2 amide bonds. The minimum Gasteiger partial charge on any atom is -0.355 e. The lowest BCUT2D eigenvalue weighted by Crippen LogP contribution is -2.45. The molecule has 1 aliphatic carbocycles. The second kappa shape index (κ2) is 6.76. The van der Waals surface area contributed by atoms with Crippen molar-refractivity contribution in [3.63, 3.8) is 0 Å². The molecule has 1 fully saturated rings. The fourth-order valence-electron chi connectivity index (χ4n) is 1.89. The summed E-state index contributed by atoms with van der Waals surface area (Å²) in [5.74, 6) is -0.177. The molecule has 1 atom stereocenters. The van der Waals surface area contributed by atoms with Gasteiger partial charge in [0.05, 0.1) is 0 Å². The van der Waals surface area contributed by atoms with Crippen LogP contribution < -0.4 is 10.6 Å². The van der Waals surface area contributed by atoms with Gasteiger partial charge in [0.1, 0.15) is 5.41 Å². The number of rotatable bonds is 8. The van der Waals surface area contributed by atoms with Gasteiger partial charge in [-0.05, 0) is 32.6 Å². The number of carbonyl (C=O) groups is 2. The highest BCUT2D eigenvalue weighted by Gasteiger charge is 2.56. The van der Waals surface area contributed by atoms with Gasteiger partial charge >= 0.3 is 0 Å². The van der Waals surface area contributed by atoms with Crippen molar-refractivity contribution >= 4 is 11.8 Å². The van der Waals surface area contributed by atoms with Gasteiger partial charge in [0.2, 0.25) is 11.8 Å². The molecule has 0 spiro atoms. The van der Waals surface area contributed by atoms with Gasteiger partial charge in [0, 0.05) is 12.6 Å². The number of carbonyl (C=O) groups excluding carboxylic acids is 2. The molecule has 104 valence electrons. The van der Waals surface area contributed by atoms with Gasteiger partial charge in [0.15, 0.2) is 0 Å². The fourth-order valence-corrected chi connectivity index (χ4v) is 1.89. The van der Waals surface area contributed by atoms with E-state index >= 15 is 0 Å². The minimum atomic E-state index is -0.754. The van der Waals surface area contributed by atoms with Crippen LogP contribution in [0.2, 0.25) is 0 Å². The Morgan fingerprint density at radius 3 is 2.33 bits per heavy atom. The standard InChI is InChI=1S/C14H26N2O2/c1-4-6-7-10-15-12(17)14(8-9-14)13(18)16-11(3)5-2/h11H,4-10H2,1-3H3,(H,15,17)(H,16,18). The summed E-state index contributed by atoms with van der Waals surface area (Å²) in [7, 11) is 0. The second-order valence-corrected chi connectivity index (χ2v) is 5.33. The molecule has 0 aliphatic heterocycles. The van der Waals surface area contributed by atoms with Crippen molar-refractivity contribution in [1.82, 2.24) is 10.6 Å². The van der Waals surface area contributed by atoms with Crippen LogP contribution in [0.4, 0.5) is 0 Å². The molecule has 0 saturated heterocycles. The Hall–Kier alpha value is -1.06. The van der Waals surface area contributed by atoms with Gasteiger partial charge in [0.25, 0.3) is 0 Å². The van der Waals surface area contributed by atoms with E-state index in [0.717, 1.165) is 25.7 Å². The summed E-state index contributed by atoms with van der Waals surface area (Å²) in [5, 5.41) is 5.81. The third kappa shape index (κ3) is 3.72. The van der Waals surface area contributed by atoms with Crippen LogP contribution in [0.3, 0.4) is 0 Å². The van der Waals surface area contributed by atoms with Crippen molar-refractivity contribution in [1.29, 1.82) is 0 Å². The Balaban J connectivity index is 2.38. The molecule has 0 bridgehead atoms. The van der Waals surface area contributed by atoms with Gasteiger partial charge < -0.3 is 10.6 Å². The molecule has 0 aromatic carbocycles. The second-order valence-electron chi connectivity index (χ2n) is 5.33. The van der Waals surface area contributed by atoms with Crippen LogP contribution in [0.5, 0.6) is 0 Å². The maximum atomic E-state index is 12.1. The van der Waals surface area contributed by atoms with E-state index in [9.17, 15) is 9.59 Å². The monoisotopic (exact) mass is 254 g/mol. The Bertz CT molecular complexity index is 298. The number of hydrogen-bond donors (Lipinski definition) is 2. The Morgan fingerprint density at radius 1 is 1.17 bits per heavy atom. The van der Waals surface area contributed by atoms with E-state index in [0.29, 0.717) is 19.4 Å². The third-order valence-corrected chi connectivity index (χ3v) is 3.68. The van der Waals surface area contributed by atoms with E-state index in [-0.39, 0.29) is 17.9 Å². The van der Waals surface area contributed by atoms with Crippen molar-refractivity contribution < 1.29 is 9.59 Å². The largest absolute Gasteiger partial charge is 0.355 e. The summed E-state index contributed by atoms with van der Waals surface area (Å²) >= 11 is 0. The topological polar surface area (TPSA) is 58.2 Å². The Morgan fingerprint density at radius 2 is 1.83 bits per heavy atom. The van der Waals surface area contributed by atoms with E-state index < -0.39 is 5.41 Å². The molecule has 1 aliphatic rings. The highest BCUT2D eigenvalue weighted by Crippen LogP contribution is 2.46. The van der Waals surface area contributed by atoms with Crippen LogP contribution in [0.25, 0.3) is 0 Å². The van der Waals surface area contributed by atoms with E-state index in [1.54, 1.807) is 0 Å². The zero-order chi connectivity index (χ0) is 13.6. The maximum absolute atomic E-state index is 12.1. The van der Waals surface area contributed by atoms with Crippen molar-refractivity contribution in [2.24, 2.45) is 5.41 Å². The maximum Gasteiger partial charge on any atom is 0.235 e. The van der Waals surface area contributed by atoms with Gasteiger partial charge in [-0.15, -0.1) is 0 Å². The summed E-state index contributed by atoms with van der Waals surface area (Å²) in [4.78, 5) is 24.1. The van der Waals surface area contributed by atoms with Gasteiger partial charge in [-0.1, -0.05) is 26.7 Å². The summed E-state index contributed by atoms with van der Waals surface area (Å²) in [6.07, 6.45) is 5.51. The smallest absolute Gasteiger partial charge is 0.235 e. The van der Waals surface area contributed by atoms with Crippen LogP contribution in [-0.4, -0.2) is 24.4 Å². The Labute approximate surface area is 110 Å². The average Bonchev–Trinajstić information content (AvgIpc) is 3.15. The lowest BCUT2D eigenvalue weighted by atomic mass is 10.0. The van der Waals surface area contributed by atoms with E-state index in [1.807, 2.05) is 13.8 Å². The summed E-state index contributed by atoms with van der Waals surface area (Å²) < 4.78 is 0.